The Labute approximate surface area is 117 Å². The monoisotopic (exact) mass is 325 g/mol. The number of rotatable bonds is 2. The summed E-state index contributed by atoms with van der Waals surface area (Å²) in [4.78, 5) is 11.9. The SMILES string of the molecule is Cc1cccc(C(=O)Nc2cc(Br)ccc2F)c1F. The molecule has 0 aliphatic carbocycles. The Bertz CT molecular complexity index is 643. The topological polar surface area (TPSA) is 29.1 Å². The van der Waals surface area contributed by atoms with Crippen LogP contribution in [0.3, 0.4) is 0 Å². The van der Waals surface area contributed by atoms with Gasteiger partial charge in [-0.2, -0.15) is 0 Å². The third-order valence-electron chi connectivity index (χ3n) is 2.61. The fraction of sp³-hybridized carbons (Fsp3) is 0.0714. The van der Waals surface area contributed by atoms with Gasteiger partial charge in [0.25, 0.3) is 5.91 Å². The van der Waals surface area contributed by atoms with Gasteiger partial charge in [-0.05, 0) is 36.8 Å². The van der Waals surface area contributed by atoms with Crippen LogP contribution in [0.25, 0.3) is 0 Å². The molecule has 19 heavy (non-hydrogen) atoms. The molecule has 0 bridgehead atoms. The summed E-state index contributed by atoms with van der Waals surface area (Å²) in [6.45, 7) is 1.56. The molecule has 0 saturated heterocycles. The molecule has 0 radical (unpaired) electrons. The lowest BCUT2D eigenvalue weighted by Gasteiger charge is -2.08. The van der Waals surface area contributed by atoms with E-state index in [9.17, 15) is 13.6 Å². The van der Waals surface area contributed by atoms with Gasteiger partial charge in [0.15, 0.2) is 0 Å². The molecule has 2 rings (SSSR count). The number of amides is 1. The maximum atomic E-state index is 13.8. The van der Waals surface area contributed by atoms with Crippen molar-refractivity contribution in [3.05, 3.63) is 63.6 Å². The summed E-state index contributed by atoms with van der Waals surface area (Å²) in [5.41, 5.74) is 0.252. The van der Waals surface area contributed by atoms with Crippen LogP contribution in [0.1, 0.15) is 15.9 Å². The van der Waals surface area contributed by atoms with Gasteiger partial charge in [-0.3, -0.25) is 4.79 Å². The van der Waals surface area contributed by atoms with Gasteiger partial charge in [-0.1, -0.05) is 28.1 Å². The van der Waals surface area contributed by atoms with E-state index >= 15 is 0 Å². The molecule has 1 amide bonds. The second-order valence-corrected chi connectivity index (χ2v) is 4.93. The molecule has 0 fully saturated rings. The number of anilines is 1. The molecular formula is C14H10BrF2NO. The van der Waals surface area contributed by atoms with Crippen molar-refractivity contribution in [1.29, 1.82) is 0 Å². The van der Waals surface area contributed by atoms with Gasteiger partial charge in [-0.25, -0.2) is 8.78 Å². The quantitative estimate of drug-likeness (QED) is 0.876. The van der Waals surface area contributed by atoms with E-state index in [0.717, 1.165) is 0 Å². The Hall–Kier alpha value is -1.75. The molecule has 0 aliphatic rings. The first kappa shape index (κ1) is 13.7. The van der Waals surface area contributed by atoms with E-state index in [2.05, 4.69) is 21.2 Å². The van der Waals surface area contributed by atoms with Crippen molar-refractivity contribution in [1.82, 2.24) is 0 Å². The average molecular weight is 326 g/mol. The fourth-order valence-corrected chi connectivity index (χ4v) is 1.97. The number of carbonyl (C=O) groups is 1. The van der Waals surface area contributed by atoms with Crippen LogP contribution in [-0.2, 0) is 0 Å². The van der Waals surface area contributed by atoms with Gasteiger partial charge in [0.05, 0.1) is 11.3 Å². The van der Waals surface area contributed by atoms with Crippen LogP contribution in [0, 0.1) is 18.6 Å². The number of carbonyl (C=O) groups excluding carboxylic acids is 1. The molecule has 0 spiro atoms. The molecule has 98 valence electrons. The zero-order valence-electron chi connectivity index (χ0n) is 10.0. The summed E-state index contributed by atoms with van der Waals surface area (Å²) in [6, 6.07) is 8.63. The fourth-order valence-electron chi connectivity index (χ4n) is 1.61. The van der Waals surface area contributed by atoms with Crippen molar-refractivity contribution >= 4 is 27.5 Å². The second-order valence-electron chi connectivity index (χ2n) is 4.01. The van der Waals surface area contributed by atoms with E-state index < -0.39 is 17.5 Å². The van der Waals surface area contributed by atoms with Gasteiger partial charge in [-0.15, -0.1) is 0 Å². The minimum Gasteiger partial charge on any atom is -0.319 e. The molecule has 0 atom stereocenters. The van der Waals surface area contributed by atoms with Gasteiger partial charge in [0.1, 0.15) is 11.6 Å². The third kappa shape index (κ3) is 2.98. The molecule has 2 nitrogen and oxygen atoms in total. The van der Waals surface area contributed by atoms with Gasteiger partial charge >= 0.3 is 0 Å². The van der Waals surface area contributed by atoms with Crippen LogP contribution in [0.15, 0.2) is 40.9 Å². The Balaban J connectivity index is 2.31. The Kier molecular flexibility index (Phi) is 3.95. The lowest BCUT2D eigenvalue weighted by atomic mass is 10.1. The predicted octanol–water partition coefficient (Wildman–Crippen LogP) is 4.29. The molecule has 5 heteroatoms. The first-order chi connectivity index (χ1) is 8.99. The number of hydrogen-bond donors (Lipinski definition) is 1. The molecule has 0 aromatic heterocycles. The van der Waals surface area contributed by atoms with Crippen molar-refractivity contribution in [2.45, 2.75) is 6.92 Å². The number of benzene rings is 2. The lowest BCUT2D eigenvalue weighted by molar-refractivity contribution is 0.102. The van der Waals surface area contributed by atoms with Crippen LogP contribution in [0.5, 0.6) is 0 Å². The van der Waals surface area contributed by atoms with E-state index in [1.807, 2.05) is 0 Å². The van der Waals surface area contributed by atoms with E-state index in [4.69, 9.17) is 0 Å². The molecule has 2 aromatic carbocycles. The molecule has 0 unspecified atom stereocenters. The number of aryl methyl sites for hydroxylation is 1. The van der Waals surface area contributed by atoms with Crippen LogP contribution in [-0.4, -0.2) is 5.91 Å². The zero-order chi connectivity index (χ0) is 14.0. The normalized spacial score (nSPS) is 10.3. The maximum absolute atomic E-state index is 13.8. The van der Waals surface area contributed by atoms with E-state index in [1.54, 1.807) is 19.1 Å². The summed E-state index contributed by atoms with van der Waals surface area (Å²) in [5.74, 6) is -1.86. The lowest BCUT2D eigenvalue weighted by Crippen LogP contribution is -2.15. The van der Waals surface area contributed by atoms with Crippen molar-refractivity contribution in [2.24, 2.45) is 0 Å². The van der Waals surface area contributed by atoms with Gasteiger partial charge in [0.2, 0.25) is 0 Å². The third-order valence-corrected chi connectivity index (χ3v) is 3.11. The van der Waals surface area contributed by atoms with Crippen LogP contribution in [0.4, 0.5) is 14.5 Å². The van der Waals surface area contributed by atoms with Crippen molar-refractivity contribution in [3.63, 3.8) is 0 Å². The molecule has 0 saturated carbocycles. The van der Waals surface area contributed by atoms with Gasteiger partial charge in [0, 0.05) is 4.47 Å². The molecule has 2 aromatic rings. The minimum absolute atomic E-state index is 0.000260. The van der Waals surface area contributed by atoms with Gasteiger partial charge < -0.3 is 5.32 Å². The highest BCUT2D eigenvalue weighted by atomic mass is 79.9. The Morgan fingerprint density at radius 3 is 2.68 bits per heavy atom. The maximum Gasteiger partial charge on any atom is 0.258 e. The number of nitrogens with one attached hydrogen (secondary N) is 1. The highest BCUT2D eigenvalue weighted by molar-refractivity contribution is 9.10. The number of halogens is 3. The van der Waals surface area contributed by atoms with Crippen LogP contribution >= 0.6 is 15.9 Å². The van der Waals surface area contributed by atoms with Crippen LogP contribution in [0.2, 0.25) is 0 Å². The van der Waals surface area contributed by atoms with E-state index in [1.165, 1.54) is 24.3 Å². The summed E-state index contributed by atoms with van der Waals surface area (Å²) < 4.78 is 27.9. The summed E-state index contributed by atoms with van der Waals surface area (Å²) in [5, 5.41) is 2.35. The Morgan fingerprint density at radius 2 is 1.95 bits per heavy atom. The first-order valence-corrected chi connectivity index (χ1v) is 6.30. The highest BCUT2D eigenvalue weighted by Gasteiger charge is 2.15. The van der Waals surface area contributed by atoms with Crippen molar-refractivity contribution in [2.75, 3.05) is 5.32 Å². The summed E-state index contributed by atoms with van der Waals surface area (Å²) in [7, 11) is 0. The number of hydrogen-bond acceptors (Lipinski definition) is 1. The Morgan fingerprint density at radius 1 is 1.21 bits per heavy atom. The first-order valence-electron chi connectivity index (χ1n) is 5.50. The predicted molar refractivity (Wildman–Crippen MR) is 73.2 cm³/mol. The molecule has 0 aliphatic heterocycles. The molecular weight excluding hydrogens is 316 g/mol. The smallest absolute Gasteiger partial charge is 0.258 e. The van der Waals surface area contributed by atoms with E-state index in [0.29, 0.717) is 10.0 Å². The summed E-state index contributed by atoms with van der Waals surface area (Å²) in [6.07, 6.45) is 0. The molecule has 0 heterocycles. The summed E-state index contributed by atoms with van der Waals surface area (Å²) >= 11 is 3.18. The van der Waals surface area contributed by atoms with Crippen molar-refractivity contribution in [3.8, 4) is 0 Å². The zero-order valence-corrected chi connectivity index (χ0v) is 11.6. The molecule has 1 N–H and O–H groups in total. The van der Waals surface area contributed by atoms with Crippen LogP contribution < -0.4 is 5.32 Å². The standard InChI is InChI=1S/C14H10BrF2NO/c1-8-3-2-4-10(13(8)17)14(19)18-12-7-9(15)5-6-11(12)16/h2-7H,1H3,(H,18,19). The van der Waals surface area contributed by atoms with E-state index in [-0.39, 0.29) is 11.3 Å². The largest absolute Gasteiger partial charge is 0.319 e. The highest BCUT2D eigenvalue weighted by Crippen LogP contribution is 2.21. The average Bonchev–Trinajstić information content (AvgIpc) is 2.37. The minimum atomic E-state index is -0.682. The second kappa shape index (κ2) is 5.48. The van der Waals surface area contributed by atoms with Crippen molar-refractivity contribution < 1.29 is 13.6 Å².